The second-order valence-electron chi connectivity index (χ2n) is 6.94. The van der Waals surface area contributed by atoms with Crippen molar-refractivity contribution in [1.82, 2.24) is 14.7 Å². The zero-order chi connectivity index (χ0) is 19.1. The third kappa shape index (κ3) is 6.09. The third-order valence-electron chi connectivity index (χ3n) is 4.66. The molecule has 0 aliphatic carbocycles. The molecule has 0 saturated carbocycles. The molecule has 1 aromatic rings. The predicted octanol–water partition coefficient (Wildman–Crippen LogP) is 0.751. The van der Waals surface area contributed by atoms with Gasteiger partial charge in [-0.3, -0.25) is 19.4 Å². The van der Waals surface area contributed by atoms with Crippen LogP contribution in [0.4, 0.5) is 0 Å². The number of amides is 1. The summed E-state index contributed by atoms with van der Waals surface area (Å²) in [5.41, 5.74) is 1.17. The Morgan fingerprint density at radius 2 is 2.00 bits per heavy atom. The van der Waals surface area contributed by atoms with E-state index >= 15 is 0 Å². The van der Waals surface area contributed by atoms with Crippen LogP contribution in [-0.4, -0.2) is 90.7 Å². The van der Waals surface area contributed by atoms with Gasteiger partial charge in [0, 0.05) is 26.2 Å². The molecule has 2 atom stereocenters. The lowest BCUT2D eigenvalue weighted by Crippen LogP contribution is -2.54. The van der Waals surface area contributed by atoms with Crippen molar-refractivity contribution in [1.29, 1.82) is 0 Å². The van der Waals surface area contributed by atoms with Gasteiger partial charge in [0.05, 0.1) is 25.3 Å². The number of nitrogens with zero attached hydrogens (tertiary/aromatic N) is 3. The summed E-state index contributed by atoms with van der Waals surface area (Å²) >= 11 is 0. The molecule has 0 aromatic heterocycles. The molecule has 0 radical (unpaired) electrons. The van der Waals surface area contributed by atoms with Crippen LogP contribution in [0.15, 0.2) is 30.3 Å². The van der Waals surface area contributed by atoms with Gasteiger partial charge in [0.25, 0.3) is 0 Å². The number of carboxylic acids is 1. The summed E-state index contributed by atoms with van der Waals surface area (Å²) in [7, 11) is 3.70. The van der Waals surface area contributed by atoms with Crippen molar-refractivity contribution in [3.8, 4) is 0 Å². The van der Waals surface area contributed by atoms with Crippen molar-refractivity contribution in [2.24, 2.45) is 0 Å². The van der Waals surface area contributed by atoms with Crippen molar-refractivity contribution in [2.75, 3.05) is 46.9 Å². The number of carbonyl (C=O) groups excluding carboxylic acids is 1. The van der Waals surface area contributed by atoms with E-state index < -0.39 is 5.97 Å². The van der Waals surface area contributed by atoms with Crippen LogP contribution in [0.2, 0.25) is 0 Å². The number of rotatable bonds is 8. The van der Waals surface area contributed by atoms with Crippen LogP contribution in [0, 0.1) is 0 Å². The average molecular weight is 363 g/mol. The fourth-order valence-electron chi connectivity index (χ4n) is 3.13. The lowest BCUT2D eigenvalue weighted by Gasteiger charge is -2.37. The van der Waals surface area contributed by atoms with Gasteiger partial charge in [0.2, 0.25) is 5.91 Å². The molecule has 0 unspecified atom stereocenters. The molecule has 1 N–H and O–H groups in total. The van der Waals surface area contributed by atoms with Crippen LogP contribution < -0.4 is 0 Å². The molecule has 1 aromatic carbocycles. The first kappa shape index (κ1) is 20.4. The minimum atomic E-state index is -0.868. The first-order chi connectivity index (χ1) is 12.4. The Kier molecular flexibility index (Phi) is 7.56. The highest BCUT2D eigenvalue weighted by atomic mass is 16.5. The third-order valence-corrected chi connectivity index (χ3v) is 4.66. The largest absolute Gasteiger partial charge is 0.480 e. The molecule has 2 rings (SSSR count). The SMILES string of the molecule is C[C@@H](C(=O)N1CCO[C@@H](CN(C)CC(=O)O)C1)N(C)Cc1ccccc1. The van der Waals surface area contributed by atoms with E-state index in [1.165, 1.54) is 5.56 Å². The van der Waals surface area contributed by atoms with Gasteiger partial charge in [-0.2, -0.15) is 0 Å². The molecular formula is C19H29N3O4. The highest BCUT2D eigenvalue weighted by molar-refractivity contribution is 5.81. The Hall–Kier alpha value is -1.96. The summed E-state index contributed by atoms with van der Waals surface area (Å²) in [6, 6.07) is 9.85. The molecular weight excluding hydrogens is 334 g/mol. The van der Waals surface area contributed by atoms with Crippen LogP contribution in [-0.2, 0) is 20.9 Å². The van der Waals surface area contributed by atoms with Gasteiger partial charge < -0.3 is 14.7 Å². The van der Waals surface area contributed by atoms with E-state index in [4.69, 9.17) is 9.84 Å². The Balaban J connectivity index is 1.87. The fraction of sp³-hybridized carbons (Fsp3) is 0.579. The topological polar surface area (TPSA) is 73.3 Å². The van der Waals surface area contributed by atoms with E-state index in [9.17, 15) is 9.59 Å². The number of carboxylic acid groups (broad SMARTS) is 1. The van der Waals surface area contributed by atoms with Crippen LogP contribution in [0.25, 0.3) is 0 Å². The van der Waals surface area contributed by atoms with Gasteiger partial charge in [-0.05, 0) is 26.6 Å². The molecule has 1 aliphatic heterocycles. The second-order valence-corrected chi connectivity index (χ2v) is 6.94. The summed E-state index contributed by atoms with van der Waals surface area (Å²) in [5.74, 6) is -0.787. The van der Waals surface area contributed by atoms with E-state index in [1.807, 2.05) is 42.0 Å². The van der Waals surface area contributed by atoms with Crippen molar-refractivity contribution < 1.29 is 19.4 Å². The highest BCUT2D eigenvalue weighted by Gasteiger charge is 2.29. The summed E-state index contributed by atoms with van der Waals surface area (Å²) in [5, 5.41) is 8.86. The molecule has 1 heterocycles. The maximum atomic E-state index is 12.9. The van der Waals surface area contributed by atoms with Crippen LogP contribution in [0.1, 0.15) is 12.5 Å². The molecule has 144 valence electrons. The van der Waals surface area contributed by atoms with Crippen molar-refractivity contribution >= 4 is 11.9 Å². The van der Waals surface area contributed by atoms with E-state index in [-0.39, 0.29) is 24.6 Å². The van der Waals surface area contributed by atoms with Gasteiger partial charge in [0.1, 0.15) is 0 Å². The number of likely N-dealkylation sites (N-methyl/N-ethyl adjacent to an activating group) is 2. The Labute approximate surface area is 155 Å². The van der Waals surface area contributed by atoms with Gasteiger partial charge >= 0.3 is 5.97 Å². The lowest BCUT2D eigenvalue weighted by molar-refractivity contribution is -0.145. The normalized spacial score (nSPS) is 19.0. The smallest absolute Gasteiger partial charge is 0.317 e. The summed E-state index contributed by atoms with van der Waals surface area (Å²) in [6.07, 6.45) is -0.163. The number of benzene rings is 1. The Bertz CT molecular complexity index is 596. The number of hydrogen-bond donors (Lipinski definition) is 1. The van der Waals surface area contributed by atoms with E-state index in [0.717, 1.165) is 0 Å². The maximum absolute atomic E-state index is 12.9. The predicted molar refractivity (Wildman–Crippen MR) is 98.8 cm³/mol. The van der Waals surface area contributed by atoms with Gasteiger partial charge in [0.15, 0.2) is 0 Å². The zero-order valence-corrected chi connectivity index (χ0v) is 15.8. The van der Waals surface area contributed by atoms with Gasteiger partial charge in [-0.15, -0.1) is 0 Å². The van der Waals surface area contributed by atoms with Crippen LogP contribution >= 0.6 is 0 Å². The van der Waals surface area contributed by atoms with E-state index in [2.05, 4.69) is 12.1 Å². The quantitative estimate of drug-likeness (QED) is 0.735. The van der Waals surface area contributed by atoms with Gasteiger partial charge in [-0.1, -0.05) is 30.3 Å². The number of morpholine rings is 1. The lowest BCUT2D eigenvalue weighted by atomic mass is 10.1. The van der Waals surface area contributed by atoms with E-state index in [0.29, 0.717) is 32.8 Å². The molecule has 7 heteroatoms. The molecule has 0 bridgehead atoms. The monoisotopic (exact) mass is 363 g/mol. The number of hydrogen-bond acceptors (Lipinski definition) is 5. The average Bonchev–Trinajstić information content (AvgIpc) is 2.60. The molecule has 1 saturated heterocycles. The molecule has 1 amide bonds. The van der Waals surface area contributed by atoms with Crippen molar-refractivity contribution in [3.63, 3.8) is 0 Å². The second kappa shape index (κ2) is 9.66. The number of carbonyl (C=O) groups is 2. The Morgan fingerprint density at radius 1 is 1.31 bits per heavy atom. The summed E-state index contributed by atoms with van der Waals surface area (Å²) in [4.78, 5) is 29.2. The minimum absolute atomic E-state index is 0.0377. The molecule has 1 fully saturated rings. The molecule has 7 nitrogen and oxygen atoms in total. The van der Waals surface area contributed by atoms with E-state index in [1.54, 1.807) is 11.9 Å². The summed E-state index contributed by atoms with van der Waals surface area (Å²) < 4.78 is 5.70. The molecule has 0 spiro atoms. The fourth-order valence-corrected chi connectivity index (χ4v) is 3.13. The molecule has 26 heavy (non-hydrogen) atoms. The minimum Gasteiger partial charge on any atom is -0.480 e. The first-order valence-electron chi connectivity index (χ1n) is 8.91. The van der Waals surface area contributed by atoms with Gasteiger partial charge in [-0.25, -0.2) is 0 Å². The standard InChI is InChI=1S/C19H29N3O4/c1-15(21(3)11-16-7-5-4-6-8-16)19(25)22-9-10-26-17(13-22)12-20(2)14-18(23)24/h4-8,15,17H,9-14H2,1-3H3,(H,23,24)/t15-,17-/m0/s1. The first-order valence-corrected chi connectivity index (χ1v) is 8.91. The summed E-state index contributed by atoms with van der Waals surface area (Å²) in [6.45, 7) is 4.63. The van der Waals surface area contributed by atoms with Crippen molar-refractivity contribution in [2.45, 2.75) is 25.6 Å². The Morgan fingerprint density at radius 3 is 2.65 bits per heavy atom. The number of ether oxygens (including phenoxy) is 1. The van der Waals surface area contributed by atoms with Crippen LogP contribution in [0.5, 0.6) is 0 Å². The zero-order valence-electron chi connectivity index (χ0n) is 15.8. The maximum Gasteiger partial charge on any atom is 0.317 e. The number of aliphatic carboxylic acids is 1. The highest BCUT2D eigenvalue weighted by Crippen LogP contribution is 2.12. The van der Waals surface area contributed by atoms with Crippen molar-refractivity contribution in [3.05, 3.63) is 35.9 Å². The molecule has 1 aliphatic rings. The van der Waals surface area contributed by atoms with Crippen LogP contribution in [0.3, 0.4) is 0 Å².